The fourth-order valence-corrected chi connectivity index (χ4v) is 0.380. The highest BCUT2D eigenvalue weighted by molar-refractivity contribution is 7.80. The van der Waals surface area contributed by atoms with Crippen molar-refractivity contribution in [2.24, 2.45) is 5.73 Å². The van der Waals surface area contributed by atoms with Gasteiger partial charge < -0.3 is 21.7 Å². The Labute approximate surface area is 64.9 Å². The van der Waals surface area contributed by atoms with Crippen molar-refractivity contribution in [2.45, 2.75) is 0 Å². The number of hydrogen-bond acceptors (Lipinski definition) is 2. The molecule has 0 heterocycles. The van der Waals surface area contributed by atoms with E-state index in [2.05, 4.69) is 16.0 Å². The number of nitrogens with two attached hydrogens (primary N) is 1. The first-order chi connectivity index (χ1) is 4.66. The summed E-state index contributed by atoms with van der Waals surface area (Å²) in [5.74, 6) is -0.0774. The second-order valence-corrected chi connectivity index (χ2v) is 1.93. The van der Waals surface area contributed by atoms with Crippen LogP contribution in [0.5, 0.6) is 0 Å². The van der Waals surface area contributed by atoms with Gasteiger partial charge in [0.2, 0.25) is 0 Å². The van der Waals surface area contributed by atoms with Crippen molar-refractivity contribution in [2.75, 3.05) is 13.7 Å². The molecule has 0 rings (SSSR count). The summed E-state index contributed by atoms with van der Waals surface area (Å²) in [6.45, 7) is 0.370. The second kappa shape index (κ2) is 4.80. The summed E-state index contributed by atoms with van der Waals surface area (Å²) in [6.07, 6.45) is 0. The first kappa shape index (κ1) is 8.96. The van der Waals surface area contributed by atoms with E-state index in [-0.39, 0.29) is 5.96 Å². The van der Waals surface area contributed by atoms with Gasteiger partial charge in [-0.25, -0.2) is 0 Å². The van der Waals surface area contributed by atoms with Crippen molar-refractivity contribution >= 4 is 23.3 Å². The molecule has 0 aliphatic heterocycles. The van der Waals surface area contributed by atoms with E-state index in [4.69, 9.17) is 23.4 Å². The third kappa shape index (κ3) is 5.10. The molecule has 0 fully saturated rings. The zero-order valence-electron chi connectivity index (χ0n) is 5.69. The van der Waals surface area contributed by atoms with E-state index in [0.29, 0.717) is 11.8 Å². The molecule has 6 heteroatoms. The summed E-state index contributed by atoms with van der Waals surface area (Å²) in [4.78, 5) is 0. The van der Waals surface area contributed by atoms with Crippen molar-refractivity contribution < 1.29 is 0 Å². The topological polar surface area (TPSA) is 86.0 Å². The van der Waals surface area contributed by atoms with Gasteiger partial charge in [0.15, 0.2) is 11.1 Å². The lowest BCUT2D eigenvalue weighted by molar-refractivity contribution is 0.809. The summed E-state index contributed by atoms with van der Waals surface area (Å²) in [5.41, 5.74) is 4.99. The van der Waals surface area contributed by atoms with Crippen LogP contribution in [0.4, 0.5) is 0 Å². The van der Waals surface area contributed by atoms with Crippen LogP contribution in [0.15, 0.2) is 0 Å². The molecule has 0 saturated heterocycles. The van der Waals surface area contributed by atoms with Crippen molar-refractivity contribution in [1.82, 2.24) is 16.0 Å². The zero-order valence-corrected chi connectivity index (χ0v) is 6.51. The monoisotopic (exact) mass is 161 g/mol. The van der Waals surface area contributed by atoms with Gasteiger partial charge in [-0.3, -0.25) is 5.41 Å². The Kier molecular flexibility index (Phi) is 4.30. The zero-order chi connectivity index (χ0) is 7.98. The average molecular weight is 161 g/mol. The maximum Gasteiger partial charge on any atom is 0.187 e. The number of hydrogen-bond donors (Lipinski definition) is 5. The Bertz CT molecular complexity index is 134. The molecule has 0 radical (unpaired) electrons. The lowest BCUT2D eigenvalue weighted by Gasteiger charge is -2.06. The Balaban J connectivity index is 3.20. The third-order valence-electron chi connectivity index (χ3n) is 0.755. The van der Waals surface area contributed by atoms with Crippen LogP contribution in [0.2, 0.25) is 0 Å². The van der Waals surface area contributed by atoms with Crippen LogP contribution in [0.1, 0.15) is 0 Å². The molecule has 0 aliphatic rings. The first-order valence-electron chi connectivity index (χ1n) is 2.70. The highest BCUT2D eigenvalue weighted by Gasteiger charge is 1.88. The summed E-state index contributed by atoms with van der Waals surface area (Å²) in [5, 5.41) is 15.3. The molecule has 5 nitrogen and oxygen atoms in total. The van der Waals surface area contributed by atoms with Crippen LogP contribution >= 0.6 is 12.2 Å². The fraction of sp³-hybridized carbons (Fsp3) is 0.500. The molecule has 0 saturated carbocycles. The molecule has 0 atom stereocenters. The molecule has 0 unspecified atom stereocenters. The molecule has 6 N–H and O–H groups in total. The Hall–Kier alpha value is -1.04. The van der Waals surface area contributed by atoms with E-state index in [9.17, 15) is 0 Å². The molecule has 0 spiro atoms. The van der Waals surface area contributed by atoms with Gasteiger partial charge in [0.1, 0.15) is 0 Å². The summed E-state index contributed by atoms with van der Waals surface area (Å²) >= 11 is 4.73. The van der Waals surface area contributed by atoms with Crippen LogP contribution in [-0.2, 0) is 0 Å². The molecule has 0 aromatic carbocycles. The lowest BCUT2D eigenvalue weighted by Crippen LogP contribution is -2.43. The minimum Gasteiger partial charge on any atom is -0.370 e. The van der Waals surface area contributed by atoms with Crippen LogP contribution in [0, 0.1) is 5.41 Å². The van der Waals surface area contributed by atoms with Gasteiger partial charge in [-0.05, 0) is 12.2 Å². The Morgan fingerprint density at radius 3 is 2.60 bits per heavy atom. The van der Waals surface area contributed by atoms with Gasteiger partial charge in [-0.2, -0.15) is 0 Å². The molecule has 10 heavy (non-hydrogen) atoms. The molecule has 0 aliphatic carbocycles. The smallest absolute Gasteiger partial charge is 0.187 e. The van der Waals surface area contributed by atoms with Gasteiger partial charge >= 0.3 is 0 Å². The Morgan fingerprint density at radius 2 is 2.20 bits per heavy atom. The van der Waals surface area contributed by atoms with Gasteiger partial charge in [0.25, 0.3) is 0 Å². The van der Waals surface area contributed by atoms with Gasteiger partial charge in [-0.15, -0.1) is 0 Å². The highest BCUT2D eigenvalue weighted by atomic mass is 32.1. The largest absolute Gasteiger partial charge is 0.370 e. The van der Waals surface area contributed by atoms with Gasteiger partial charge in [0, 0.05) is 7.05 Å². The van der Waals surface area contributed by atoms with Crippen molar-refractivity contribution in [3.63, 3.8) is 0 Å². The van der Waals surface area contributed by atoms with Crippen molar-refractivity contribution in [1.29, 1.82) is 5.41 Å². The molecular weight excluding hydrogens is 150 g/mol. The number of thiocarbonyl (C=S) groups is 1. The van der Waals surface area contributed by atoms with Crippen LogP contribution in [0.3, 0.4) is 0 Å². The average Bonchev–Trinajstić information content (AvgIpc) is 1.87. The highest BCUT2D eigenvalue weighted by Crippen LogP contribution is 1.58. The van der Waals surface area contributed by atoms with E-state index < -0.39 is 0 Å². The molecule has 0 amide bonds. The molecular formula is C4H11N5S. The predicted molar refractivity (Wildman–Crippen MR) is 44.7 cm³/mol. The number of guanidine groups is 1. The summed E-state index contributed by atoms with van der Waals surface area (Å²) in [6, 6.07) is 0. The SMILES string of the molecule is CNC(=S)NCNC(=N)N. The van der Waals surface area contributed by atoms with E-state index in [1.807, 2.05) is 0 Å². The predicted octanol–water partition coefficient (Wildman–Crippen LogP) is -1.48. The minimum atomic E-state index is -0.0774. The van der Waals surface area contributed by atoms with E-state index in [0.717, 1.165) is 0 Å². The minimum absolute atomic E-state index is 0.0774. The normalized spacial score (nSPS) is 8.10. The third-order valence-corrected chi connectivity index (χ3v) is 1.10. The van der Waals surface area contributed by atoms with Gasteiger partial charge in [-0.1, -0.05) is 0 Å². The van der Waals surface area contributed by atoms with Crippen LogP contribution in [0.25, 0.3) is 0 Å². The standard InChI is InChI=1S/C4H11N5S/c1-7-4(10)9-2-8-3(5)6/h2H2,1H3,(H4,5,6,8)(H2,7,9,10). The number of nitrogens with one attached hydrogen (secondary N) is 4. The lowest BCUT2D eigenvalue weighted by atomic mass is 10.8. The summed E-state index contributed by atoms with van der Waals surface area (Å²) in [7, 11) is 1.71. The first-order valence-corrected chi connectivity index (χ1v) is 3.11. The van der Waals surface area contributed by atoms with E-state index in [1.165, 1.54) is 0 Å². The molecule has 0 bridgehead atoms. The summed E-state index contributed by atoms with van der Waals surface area (Å²) < 4.78 is 0. The van der Waals surface area contributed by atoms with Gasteiger partial charge in [0.05, 0.1) is 6.67 Å². The van der Waals surface area contributed by atoms with Crippen LogP contribution in [-0.4, -0.2) is 24.8 Å². The molecule has 58 valence electrons. The molecule has 0 aromatic rings. The van der Waals surface area contributed by atoms with E-state index >= 15 is 0 Å². The van der Waals surface area contributed by atoms with E-state index in [1.54, 1.807) is 7.05 Å². The molecule has 0 aromatic heterocycles. The Morgan fingerprint density at radius 1 is 1.60 bits per heavy atom. The number of rotatable bonds is 2. The maximum absolute atomic E-state index is 6.76. The maximum atomic E-state index is 6.76. The fourth-order valence-electron chi connectivity index (χ4n) is 0.308. The second-order valence-electron chi connectivity index (χ2n) is 1.52. The van der Waals surface area contributed by atoms with Crippen molar-refractivity contribution in [3.8, 4) is 0 Å². The van der Waals surface area contributed by atoms with Crippen molar-refractivity contribution in [3.05, 3.63) is 0 Å². The van der Waals surface area contributed by atoms with Crippen LogP contribution < -0.4 is 21.7 Å². The quantitative estimate of drug-likeness (QED) is 0.148.